The molecule has 1 heterocycles. The molecule has 0 saturated carbocycles. The predicted molar refractivity (Wildman–Crippen MR) is 90.2 cm³/mol. The molecule has 2 aliphatic rings. The number of ketones is 1. The van der Waals surface area contributed by atoms with Crippen molar-refractivity contribution in [2.75, 3.05) is 20.8 Å². The van der Waals surface area contributed by atoms with Crippen molar-refractivity contribution in [3.05, 3.63) is 35.9 Å². The predicted octanol–water partition coefficient (Wildman–Crippen LogP) is 2.95. The van der Waals surface area contributed by atoms with Crippen LogP contribution in [0.2, 0.25) is 0 Å². The SMILES string of the molecule is COc1ccc(C23C=CC(=O)CC2N(C(C)C)CC3)cc1OC. The van der Waals surface area contributed by atoms with E-state index in [1.54, 1.807) is 20.3 Å². The minimum Gasteiger partial charge on any atom is -0.493 e. The van der Waals surface area contributed by atoms with Crippen LogP contribution in [0.25, 0.3) is 0 Å². The lowest BCUT2D eigenvalue weighted by Gasteiger charge is -2.40. The van der Waals surface area contributed by atoms with Gasteiger partial charge < -0.3 is 9.47 Å². The third kappa shape index (κ3) is 2.55. The van der Waals surface area contributed by atoms with Crippen LogP contribution in [0.1, 0.15) is 32.3 Å². The van der Waals surface area contributed by atoms with Gasteiger partial charge in [-0.2, -0.15) is 0 Å². The van der Waals surface area contributed by atoms with E-state index >= 15 is 0 Å². The van der Waals surface area contributed by atoms with E-state index in [4.69, 9.17) is 9.47 Å². The number of rotatable bonds is 4. The van der Waals surface area contributed by atoms with E-state index < -0.39 is 0 Å². The van der Waals surface area contributed by atoms with Gasteiger partial charge in [0.15, 0.2) is 17.3 Å². The summed E-state index contributed by atoms with van der Waals surface area (Å²) in [7, 11) is 3.31. The van der Waals surface area contributed by atoms with E-state index in [-0.39, 0.29) is 17.2 Å². The molecule has 0 amide bonds. The van der Waals surface area contributed by atoms with Crippen molar-refractivity contribution in [1.29, 1.82) is 0 Å². The highest BCUT2D eigenvalue weighted by molar-refractivity contribution is 5.92. The topological polar surface area (TPSA) is 38.8 Å². The normalized spacial score (nSPS) is 27.3. The molecule has 1 aromatic rings. The Hall–Kier alpha value is -1.81. The van der Waals surface area contributed by atoms with E-state index in [9.17, 15) is 4.79 Å². The first kappa shape index (κ1) is 16.1. The van der Waals surface area contributed by atoms with Crippen molar-refractivity contribution in [3.8, 4) is 11.5 Å². The highest BCUT2D eigenvalue weighted by Crippen LogP contribution is 2.47. The summed E-state index contributed by atoms with van der Waals surface area (Å²) in [4.78, 5) is 14.5. The zero-order valence-electron chi connectivity index (χ0n) is 14.3. The fourth-order valence-corrected chi connectivity index (χ4v) is 4.10. The summed E-state index contributed by atoms with van der Waals surface area (Å²) >= 11 is 0. The van der Waals surface area contributed by atoms with E-state index in [2.05, 4.69) is 37.0 Å². The van der Waals surface area contributed by atoms with Crippen LogP contribution in [-0.2, 0) is 10.2 Å². The summed E-state index contributed by atoms with van der Waals surface area (Å²) in [5, 5.41) is 0. The van der Waals surface area contributed by atoms with Gasteiger partial charge in [0.1, 0.15) is 0 Å². The van der Waals surface area contributed by atoms with Crippen molar-refractivity contribution in [3.63, 3.8) is 0 Å². The van der Waals surface area contributed by atoms with E-state index in [0.717, 1.165) is 24.5 Å². The molecular weight excluding hydrogens is 290 g/mol. The molecular formula is C19H25NO3. The monoisotopic (exact) mass is 315 g/mol. The van der Waals surface area contributed by atoms with Crippen LogP contribution in [0.3, 0.4) is 0 Å². The van der Waals surface area contributed by atoms with Gasteiger partial charge in [0.2, 0.25) is 0 Å². The molecule has 1 fully saturated rings. The molecule has 4 nitrogen and oxygen atoms in total. The highest BCUT2D eigenvalue weighted by atomic mass is 16.5. The van der Waals surface area contributed by atoms with Gasteiger partial charge in [0.25, 0.3) is 0 Å². The Labute approximate surface area is 138 Å². The van der Waals surface area contributed by atoms with Gasteiger partial charge in [-0.15, -0.1) is 0 Å². The second kappa shape index (κ2) is 6.00. The van der Waals surface area contributed by atoms with Crippen molar-refractivity contribution in [2.24, 2.45) is 0 Å². The van der Waals surface area contributed by atoms with E-state index in [0.29, 0.717) is 12.5 Å². The van der Waals surface area contributed by atoms with Gasteiger partial charge in [-0.25, -0.2) is 0 Å². The second-order valence-electron chi connectivity index (χ2n) is 6.71. The molecule has 1 aliphatic carbocycles. The molecule has 0 N–H and O–H groups in total. The third-order valence-electron chi connectivity index (χ3n) is 5.32. The number of likely N-dealkylation sites (tertiary alicyclic amines) is 1. The molecule has 0 bridgehead atoms. The molecule has 1 aliphatic heterocycles. The lowest BCUT2D eigenvalue weighted by atomic mass is 9.69. The summed E-state index contributed by atoms with van der Waals surface area (Å²) < 4.78 is 10.8. The molecule has 0 spiro atoms. The van der Waals surface area contributed by atoms with Gasteiger partial charge in [-0.3, -0.25) is 9.69 Å². The molecule has 1 aromatic carbocycles. The van der Waals surface area contributed by atoms with Crippen molar-refractivity contribution >= 4 is 5.78 Å². The zero-order valence-corrected chi connectivity index (χ0v) is 14.3. The number of fused-ring (bicyclic) bond motifs is 1. The number of nitrogens with zero attached hydrogens (tertiary/aromatic N) is 1. The van der Waals surface area contributed by atoms with Gasteiger partial charge >= 0.3 is 0 Å². The number of benzene rings is 1. The summed E-state index contributed by atoms with van der Waals surface area (Å²) in [5.74, 6) is 1.70. The molecule has 2 atom stereocenters. The Kier molecular flexibility index (Phi) is 4.19. The molecule has 0 aromatic heterocycles. The van der Waals surface area contributed by atoms with Crippen LogP contribution < -0.4 is 9.47 Å². The number of hydrogen-bond donors (Lipinski definition) is 0. The standard InChI is InChI=1S/C19H25NO3/c1-13(2)20-10-9-19(8-7-15(21)12-18(19)20)14-5-6-16(22-3)17(11-14)23-4/h5-8,11,13,18H,9-10,12H2,1-4H3. The summed E-state index contributed by atoms with van der Waals surface area (Å²) in [5.41, 5.74) is 1.09. The average Bonchev–Trinajstić information content (AvgIpc) is 2.94. The van der Waals surface area contributed by atoms with Crippen LogP contribution in [0, 0.1) is 0 Å². The van der Waals surface area contributed by atoms with Gasteiger partial charge in [-0.1, -0.05) is 12.1 Å². The fourth-order valence-electron chi connectivity index (χ4n) is 4.10. The highest BCUT2D eigenvalue weighted by Gasteiger charge is 2.49. The molecule has 1 saturated heterocycles. The fraction of sp³-hybridized carbons (Fsp3) is 0.526. The first-order valence-corrected chi connectivity index (χ1v) is 8.22. The zero-order chi connectivity index (χ0) is 16.6. The number of methoxy groups -OCH3 is 2. The quantitative estimate of drug-likeness (QED) is 0.856. The third-order valence-corrected chi connectivity index (χ3v) is 5.32. The summed E-state index contributed by atoms with van der Waals surface area (Å²) in [6.45, 7) is 5.41. The first-order chi connectivity index (χ1) is 11.0. The Morgan fingerprint density at radius 3 is 2.61 bits per heavy atom. The molecule has 124 valence electrons. The van der Waals surface area contributed by atoms with Gasteiger partial charge in [0, 0.05) is 23.9 Å². The summed E-state index contributed by atoms with van der Waals surface area (Å²) in [6, 6.07) is 6.79. The Morgan fingerprint density at radius 2 is 1.96 bits per heavy atom. The Morgan fingerprint density at radius 1 is 1.22 bits per heavy atom. The van der Waals surface area contributed by atoms with Crippen molar-refractivity contribution in [1.82, 2.24) is 4.90 Å². The summed E-state index contributed by atoms with van der Waals surface area (Å²) in [6.07, 6.45) is 5.49. The second-order valence-corrected chi connectivity index (χ2v) is 6.71. The van der Waals surface area contributed by atoms with Crippen molar-refractivity contribution in [2.45, 2.75) is 44.2 Å². The van der Waals surface area contributed by atoms with Crippen LogP contribution >= 0.6 is 0 Å². The molecule has 23 heavy (non-hydrogen) atoms. The molecule has 2 unspecified atom stereocenters. The smallest absolute Gasteiger partial charge is 0.161 e. The van der Waals surface area contributed by atoms with Crippen molar-refractivity contribution < 1.29 is 14.3 Å². The lowest BCUT2D eigenvalue weighted by Crippen LogP contribution is -2.47. The van der Waals surface area contributed by atoms with Crippen LogP contribution in [-0.4, -0.2) is 43.5 Å². The van der Waals surface area contributed by atoms with Crippen LogP contribution in [0.4, 0.5) is 0 Å². The molecule has 3 rings (SSSR count). The number of carbonyl (C=O) groups is 1. The number of ether oxygens (including phenoxy) is 2. The molecule has 4 heteroatoms. The van der Waals surface area contributed by atoms with Crippen LogP contribution in [0.15, 0.2) is 30.4 Å². The maximum Gasteiger partial charge on any atom is 0.161 e. The Balaban J connectivity index is 2.08. The number of allylic oxidation sites excluding steroid dienone is 1. The number of hydrogen-bond acceptors (Lipinski definition) is 4. The maximum atomic E-state index is 12.0. The first-order valence-electron chi connectivity index (χ1n) is 8.22. The van der Waals surface area contributed by atoms with Gasteiger partial charge in [0.05, 0.1) is 14.2 Å². The Bertz CT molecular complexity index is 638. The van der Waals surface area contributed by atoms with Gasteiger partial charge in [-0.05, 0) is 50.6 Å². The maximum absolute atomic E-state index is 12.0. The molecule has 0 radical (unpaired) electrons. The minimum absolute atomic E-state index is 0.113. The van der Waals surface area contributed by atoms with Crippen LogP contribution in [0.5, 0.6) is 11.5 Å². The minimum atomic E-state index is -0.113. The van der Waals surface area contributed by atoms with E-state index in [1.807, 2.05) is 6.07 Å². The number of carbonyl (C=O) groups excluding carboxylic acids is 1. The lowest BCUT2D eigenvalue weighted by molar-refractivity contribution is -0.116. The van der Waals surface area contributed by atoms with E-state index in [1.165, 1.54) is 5.56 Å². The average molecular weight is 315 g/mol. The largest absolute Gasteiger partial charge is 0.493 e.